The van der Waals surface area contributed by atoms with Gasteiger partial charge in [0.05, 0.1) is 0 Å². The molecule has 0 N–H and O–H groups in total. The number of hydrogen-bond donors (Lipinski definition) is 0. The van der Waals surface area contributed by atoms with Gasteiger partial charge >= 0.3 is 79.8 Å². The minimum Gasteiger partial charge on any atom is 0 e. The number of hydrogen-bond acceptors (Lipinski definition) is 4. The van der Waals surface area contributed by atoms with E-state index in [1.165, 1.54) is 19.9 Å². The summed E-state index contributed by atoms with van der Waals surface area (Å²) in [5.74, 6) is 4.48. The van der Waals surface area contributed by atoms with Crippen LogP contribution < -0.4 is 0 Å². The molecule has 0 aliphatic carbocycles. The summed E-state index contributed by atoms with van der Waals surface area (Å²) in [6.07, 6.45) is 2.12. The van der Waals surface area contributed by atoms with Gasteiger partial charge in [-0.3, -0.25) is 9.59 Å². The summed E-state index contributed by atoms with van der Waals surface area (Å²) in [7, 11) is 0. The van der Waals surface area contributed by atoms with E-state index in [2.05, 4.69) is 64.9 Å². The monoisotopic (exact) mass is 522 g/mol. The molecular formula is C19H16Co2O10. The van der Waals surface area contributed by atoms with E-state index in [1.807, 2.05) is 0 Å². The van der Waals surface area contributed by atoms with Gasteiger partial charge in [-0.1, -0.05) is 24.5 Å². The largest absolute Gasteiger partial charge is 0 e. The first kappa shape index (κ1) is 56.7. The van der Waals surface area contributed by atoms with E-state index in [9.17, 15) is 9.59 Å². The van der Waals surface area contributed by atoms with E-state index < -0.39 is 24.1 Å². The van der Waals surface area contributed by atoms with Crippen molar-refractivity contribution in [3.05, 3.63) is 65.2 Å². The van der Waals surface area contributed by atoms with E-state index in [1.54, 1.807) is 6.08 Å². The summed E-state index contributed by atoms with van der Waals surface area (Å²) in [5, 5.41) is 0. The number of ether oxygens (including phenoxy) is 2. The van der Waals surface area contributed by atoms with Crippen molar-refractivity contribution >= 4 is 11.9 Å². The third-order valence-electron chi connectivity index (χ3n) is 1.58. The van der Waals surface area contributed by atoms with Crippen molar-refractivity contribution < 1.29 is 80.5 Å². The van der Waals surface area contributed by atoms with E-state index in [-0.39, 0.29) is 33.6 Å². The van der Waals surface area contributed by atoms with Crippen molar-refractivity contribution in [3.8, 4) is 11.8 Å². The maximum absolute atomic E-state index is 10.8. The second-order valence-electron chi connectivity index (χ2n) is 3.18. The van der Waals surface area contributed by atoms with Crippen LogP contribution in [-0.4, -0.2) is 24.1 Å². The van der Waals surface area contributed by atoms with Gasteiger partial charge in [-0.25, -0.2) is 0 Å². The molecule has 0 aromatic rings. The summed E-state index contributed by atoms with van der Waals surface area (Å²) in [5.41, 5.74) is 0. The Morgan fingerprint density at radius 1 is 0.774 bits per heavy atom. The zero-order valence-corrected chi connectivity index (χ0v) is 18.3. The van der Waals surface area contributed by atoms with Crippen LogP contribution in [0.25, 0.3) is 0 Å². The molecule has 0 saturated heterocycles. The fourth-order valence-electron chi connectivity index (χ4n) is 0.979. The zero-order chi connectivity index (χ0) is 25.3. The normalized spacial score (nSPS) is 7.16. The summed E-state index contributed by atoms with van der Waals surface area (Å²) < 4.78 is 54.8. The van der Waals surface area contributed by atoms with Gasteiger partial charge in [0.2, 0.25) is 0 Å². The van der Waals surface area contributed by atoms with Crippen molar-refractivity contribution in [3.63, 3.8) is 0 Å². The summed E-state index contributed by atoms with van der Waals surface area (Å²) in [4.78, 5) is 21.5. The molecule has 0 unspecified atom stereocenters. The van der Waals surface area contributed by atoms with Crippen LogP contribution in [0.1, 0.15) is 20.3 Å². The Morgan fingerprint density at radius 2 is 1.10 bits per heavy atom. The Kier molecular flexibility index (Phi) is 130. The van der Waals surface area contributed by atoms with Crippen LogP contribution in [-0.2, 0) is 80.5 Å². The smallest absolute Gasteiger partial charge is 0 e. The van der Waals surface area contributed by atoms with Crippen molar-refractivity contribution in [2.75, 3.05) is 0 Å². The van der Waals surface area contributed by atoms with Gasteiger partial charge in [-0.15, -0.1) is 6.58 Å². The summed E-state index contributed by atoms with van der Waals surface area (Å²) >= 11 is 0. The van der Waals surface area contributed by atoms with Gasteiger partial charge in [0.15, 0.2) is 12.2 Å². The SMILES string of the molecule is C=CC[C@H](C#C[C@H](C=C)OC(C)=O)OC(C)=O.[C-]#[O+].[C-]#[O+].[C-]#[O+].[C-]#[O+].[C-]#[O+].[C-]#[O+].[Co].[Co]. The number of esters is 2. The Balaban J connectivity index is -0.0000000424. The molecule has 0 bridgehead atoms. The Hall–Kier alpha value is -2.57. The fraction of sp³-hybridized carbons (Fsp3) is 0.263. The Morgan fingerprint density at radius 3 is 1.32 bits per heavy atom. The minimum absolute atomic E-state index is 0. The van der Waals surface area contributed by atoms with Crippen molar-refractivity contribution in [1.82, 2.24) is 0 Å². The van der Waals surface area contributed by atoms with Crippen molar-refractivity contribution in [2.24, 2.45) is 0 Å². The molecule has 0 aliphatic heterocycles. The van der Waals surface area contributed by atoms with E-state index in [0.717, 1.165) is 0 Å². The molecule has 10 nitrogen and oxygen atoms in total. The average Bonchev–Trinajstić information content (AvgIpc) is 2.79. The van der Waals surface area contributed by atoms with Crippen LogP contribution in [0.3, 0.4) is 0 Å². The fourth-order valence-corrected chi connectivity index (χ4v) is 0.979. The first-order valence-corrected chi connectivity index (χ1v) is 6.31. The Labute approximate surface area is 201 Å². The van der Waals surface area contributed by atoms with E-state index >= 15 is 0 Å². The van der Waals surface area contributed by atoms with Crippen LogP contribution in [0.15, 0.2) is 25.3 Å². The predicted octanol–water partition coefficient (Wildman–Crippen LogP) is 1.39. The molecule has 0 saturated carbocycles. The molecule has 0 aromatic heterocycles. The van der Waals surface area contributed by atoms with Crippen LogP contribution in [0.5, 0.6) is 0 Å². The van der Waals surface area contributed by atoms with Gasteiger partial charge in [-0.2, -0.15) is 0 Å². The topological polar surface area (TPSA) is 172 Å². The number of carbonyl (C=O) groups excluding carboxylic acids is 2. The molecule has 0 fully saturated rings. The summed E-state index contributed by atoms with van der Waals surface area (Å²) in [6, 6.07) is 0. The molecule has 0 heterocycles. The number of rotatable bonds is 5. The van der Waals surface area contributed by atoms with Gasteiger partial charge < -0.3 is 9.47 Å². The minimum atomic E-state index is -0.699. The zero-order valence-electron chi connectivity index (χ0n) is 16.2. The predicted molar refractivity (Wildman–Crippen MR) is 87.5 cm³/mol. The number of carbonyl (C=O) groups is 2. The van der Waals surface area contributed by atoms with E-state index in [4.69, 9.17) is 37.4 Å². The van der Waals surface area contributed by atoms with Crippen LogP contribution in [0, 0.1) is 51.7 Å². The Bertz CT molecular complexity index is 558. The van der Waals surface area contributed by atoms with Crippen LogP contribution in [0.4, 0.5) is 0 Å². The second-order valence-corrected chi connectivity index (χ2v) is 3.18. The molecular weight excluding hydrogens is 506 g/mol. The van der Waals surface area contributed by atoms with Crippen molar-refractivity contribution in [1.29, 1.82) is 0 Å². The standard InChI is InChI=1S/C13H16O4.6CO.2Co/c1-5-7-13(17-11(4)15)9-8-12(6-2)16-10(3)14;6*1-2;;/h5-6,12-13H,1-2,7H2,3-4H3;;;;;;;;/t12-,13+;;;;;;;;/m0......../s1. The molecule has 0 spiro atoms. The molecule has 2 radical (unpaired) electrons. The third-order valence-corrected chi connectivity index (χ3v) is 1.58. The molecule has 2 atom stereocenters. The molecule has 0 rings (SSSR count). The summed E-state index contributed by atoms with van der Waals surface area (Å²) in [6.45, 7) is 36.6. The maximum atomic E-state index is 10.8. The van der Waals surface area contributed by atoms with Gasteiger partial charge in [0, 0.05) is 53.8 Å². The molecule has 0 aromatic carbocycles. The quantitative estimate of drug-likeness (QED) is 0.175. The molecule has 0 aliphatic rings. The first-order chi connectivity index (χ1) is 14.0. The molecule has 0 amide bonds. The molecule has 31 heavy (non-hydrogen) atoms. The first-order valence-electron chi connectivity index (χ1n) is 6.31. The van der Waals surface area contributed by atoms with Gasteiger partial charge in [0.25, 0.3) is 0 Å². The van der Waals surface area contributed by atoms with E-state index in [0.29, 0.717) is 6.42 Å². The van der Waals surface area contributed by atoms with Gasteiger partial charge in [0.1, 0.15) is 0 Å². The molecule has 170 valence electrons. The maximum Gasteiger partial charge on any atom is 0 e. The van der Waals surface area contributed by atoms with Crippen LogP contribution in [0.2, 0.25) is 0 Å². The second kappa shape index (κ2) is 71.0. The van der Waals surface area contributed by atoms with Crippen molar-refractivity contribution in [2.45, 2.75) is 32.5 Å². The van der Waals surface area contributed by atoms with Gasteiger partial charge in [-0.05, 0) is 6.08 Å². The third kappa shape index (κ3) is 74.5. The average molecular weight is 522 g/mol. The molecule has 12 heteroatoms. The van der Waals surface area contributed by atoms with Crippen LogP contribution >= 0.6 is 0 Å².